The van der Waals surface area contributed by atoms with Gasteiger partial charge in [-0.2, -0.15) is 0 Å². The Labute approximate surface area is 141 Å². The topological polar surface area (TPSA) is 65.1 Å². The van der Waals surface area contributed by atoms with Crippen molar-refractivity contribution < 1.29 is 23.8 Å². The van der Waals surface area contributed by atoms with Crippen molar-refractivity contribution >= 4 is 11.9 Å². The molecule has 1 heterocycles. The maximum Gasteiger partial charge on any atom is 0.307 e. The summed E-state index contributed by atoms with van der Waals surface area (Å²) >= 11 is 0. The molecule has 1 fully saturated rings. The van der Waals surface area contributed by atoms with E-state index in [4.69, 9.17) is 14.2 Å². The van der Waals surface area contributed by atoms with E-state index in [0.29, 0.717) is 25.4 Å². The third-order valence-corrected chi connectivity index (χ3v) is 4.47. The van der Waals surface area contributed by atoms with Crippen LogP contribution in [0.25, 0.3) is 0 Å². The molecule has 24 heavy (non-hydrogen) atoms. The highest BCUT2D eigenvalue weighted by Gasteiger charge is 2.30. The molecule has 0 bridgehead atoms. The smallest absolute Gasteiger partial charge is 0.307 e. The van der Waals surface area contributed by atoms with Gasteiger partial charge in [-0.1, -0.05) is 12.5 Å². The first-order valence-corrected chi connectivity index (χ1v) is 8.50. The Morgan fingerprint density at radius 2 is 2.04 bits per heavy atom. The van der Waals surface area contributed by atoms with Crippen molar-refractivity contribution in [3.63, 3.8) is 0 Å². The molecule has 2 aliphatic rings. The van der Waals surface area contributed by atoms with E-state index in [1.165, 1.54) is 0 Å². The lowest BCUT2D eigenvalue weighted by molar-refractivity contribution is -0.145. The van der Waals surface area contributed by atoms with Crippen molar-refractivity contribution in [2.45, 2.75) is 39.2 Å². The van der Waals surface area contributed by atoms with Gasteiger partial charge in [0.25, 0.3) is 0 Å². The van der Waals surface area contributed by atoms with Crippen LogP contribution in [0.1, 0.15) is 38.2 Å². The summed E-state index contributed by atoms with van der Waals surface area (Å²) in [7, 11) is 0. The number of hydrogen-bond donors (Lipinski definition) is 0. The molecule has 0 aromatic heterocycles. The Morgan fingerprint density at radius 3 is 2.75 bits per heavy atom. The third-order valence-electron chi connectivity index (χ3n) is 4.47. The number of benzene rings is 1. The number of carbonyl (C=O) groups is 2. The first-order valence-electron chi connectivity index (χ1n) is 8.50. The second-order valence-corrected chi connectivity index (χ2v) is 6.13. The zero-order valence-electron chi connectivity index (χ0n) is 14.0. The highest BCUT2D eigenvalue weighted by molar-refractivity contribution is 5.80. The van der Waals surface area contributed by atoms with E-state index < -0.39 is 0 Å². The number of ether oxygens (including phenoxy) is 3. The second-order valence-electron chi connectivity index (χ2n) is 6.13. The van der Waals surface area contributed by atoms with E-state index in [1.807, 2.05) is 18.2 Å². The fourth-order valence-corrected chi connectivity index (χ4v) is 2.90. The Bertz CT molecular complexity index is 611. The Balaban J connectivity index is 1.66. The first kappa shape index (κ1) is 16.6. The number of rotatable bonds is 7. The van der Waals surface area contributed by atoms with Gasteiger partial charge in [-0.25, -0.2) is 0 Å². The van der Waals surface area contributed by atoms with Crippen molar-refractivity contribution in [2.24, 2.45) is 5.92 Å². The Hall–Kier alpha value is -2.24. The van der Waals surface area contributed by atoms with Gasteiger partial charge in [-0.05, 0) is 37.5 Å². The molecule has 6 nitrogen and oxygen atoms in total. The Kier molecular flexibility index (Phi) is 5.23. The van der Waals surface area contributed by atoms with E-state index in [2.05, 4.69) is 0 Å². The Morgan fingerprint density at radius 1 is 1.25 bits per heavy atom. The first-order chi connectivity index (χ1) is 11.7. The van der Waals surface area contributed by atoms with E-state index in [0.717, 1.165) is 30.6 Å². The van der Waals surface area contributed by atoms with Crippen LogP contribution in [0.3, 0.4) is 0 Å². The van der Waals surface area contributed by atoms with E-state index in [9.17, 15) is 9.59 Å². The third kappa shape index (κ3) is 3.80. The molecular formula is C18H23NO5. The van der Waals surface area contributed by atoms with Gasteiger partial charge in [0.2, 0.25) is 12.7 Å². The predicted octanol–water partition coefficient (Wildman–Crippen LogP) is 2.50. The number of amides is 1. The van der Waals surface area contributed by atoms with Crippen LogP contribution in [0.4, 0.5) is 0 Å². The lowest BCUT2D eigenvalue weighted by Gasteiger charge is -2.31. The molecule has 0 N–H and O–H groups in total. The maximum absolute atomic E-state index is 12.7. The lowest BCUT2D eigenvalue weighted by atomic mass is 9.84. The summed E-state index contributed by atoms with van der Waals surface area (Å²) in [6.07, 6.45) is 3.20. The molecular weight excluding hydrogens is 310 g/mol. The molecule has 0 saturated heterocycles. The van der Waals surface area contributed by atoms with Gasteiger partial charge in [-0.15, -0.1) is 0 Å². The molecule has 1 aromatic carbocycles. The summed E-state index contributed by atoms with van der Waals surface area (Å²) in [6, 6.07) is 5.68. The van der Waals surface area contributed by atoms with Crippen LogP contribution < -0.4 is 9.47 Å². The zero-order chi connectivity index (χ0) is 16.9. The summed E-state index contributed by atoms with van der Waals surface area (Å²) < 4.78 is 15.7. The van der Waals surface area contributed by atoms with Crippen molar-refractivity contribution in [3.8, 4) is 11.5 Å². The molecule has 0 unspecified atom stereocenters. The summed E-state index contributed by atoms with van der Waals surface area (Å²) in [4.78, 5) is 26.0. The van der Waals surface area contributed by atoms with Crippen molar-refractivity contribution in [1.82, 2.24) is 4.90 Å². The van der Waals surface area contributed by atoms with E-state index >= 15 is 0 Å². The molecule has 1 amide bonds. The molecule has 1 aliphatic carbocycles. The van der Waals surface area contributed by atoms with Gasteiger partial charge in [0.05, 0.1) is 13.0 Å². The van der Waals surface area contributed by atoms with Crippen molar-refractivity contribution in [2.75, 3.05) is 19.9 Å². The zero-order valence-corrected chi connectivity index (χ0v) is 14.0. The van der Waals surface area contributed by atoms with Crippen LogP contribution in [-0.2, 0) is 20.9 Å². The molecule has 1 aliphatic heterocycles. The van der Waals surface area contributed by atoms with E-state index in [-0.39, 0.29) is 31.0 Å². The second kappa shape index (κ2) is 7.55. The number of fused-ring (bicyclic) bond motifs is 1. The van der Waals surface area contributed by atoms with Crippen LogP contribution >= 0.6 is 0 Å². The summed E-state index contributed by atoms with van der Waals surface area (Å²) in [6.45, 7) is 3.21. The number of carbonyl (C=O) groups excluding carboxylic acids is 2. The quantitative estimate of drug-likeness (QED) is 0.717. The minimum absolute atomic E-state index is 0.0983. The van der Waals surface area contributed by atoms with Crippen LogP contribution in [0.2, 0.25) is 0 Å². The highest BCUT2D eigenvalue weighted by atomic mass is 16.7. The molecule has 1 saturated carbocycles. The number of esters is 1. The average Bonchev–Trinajstić information content (AvgIpc) is 2.97. The molecule has 130 valence electrons. The van der Waals surface area contributed by atoms with Crippen LogP contribution in [0, 0.1) is 5.92 Å². The highest BCUT2D eigenvalue weighted by Crippen LogP contribution is 2.33. The van der Waals surface area contributed by atoms with Gasteiger partial charge in [0.1, 0.15) is 0 Å². The van der Waals surface area contributed by atoms with Crippen LogP contribution in [0.5, 0.6) is 11.5 Å². The fourth-order valence-electron chi connectivity index (χ4n) is 2.90. The van der Waals surface area contributed by atoms with Crippen molar-refractivity contribution in [3.05, 3.63) is 23.8 Å². The largest absolute Gasteiger partial charge is 0.466 e. The van der Waals surface area contributed by atoms with Gasteiger partial charge in [0, 0.05) is 19.0 Å². The standard InChI is InChI=1S/C18H23NO5/c1-2-22-17(20)8-9-19(18(21)14-4-3-5-14)11-13-6-7-15-16(10-13)24-12-23-15/h6-7,10,14H,2-5,8-9,11-12H2,1H3. The molecule has 0 atom stereocenters. The minimum atomic E-state index is -0.269. The average molecular weight is 333 g/mol. The fraction of sp³-hybridized carbons (Fsp3) is 0.556. The van der Waals surface area contributed by atoms with Gasteiger partial charge in [0.15, 0.2) is 11.5 Å². The summed E-state index contributed by atoms with van der Waals surface area (Å²) in [5.74, 6) is 1.38. The molecule has 0 spiro atoms. The molecule has 6 heteroatoms. The predicted molar refractivity (Wildman–Crippen MR) is 86.6 cm³/mol. The van der Waals surface area contributed by atoms with Gasteiger partial charge >= 0.3 is 5.97 Å². The van der Waals surface area contributed by atoms with Crippen molar-refractivity contribution in [1.29, 1.82) is 0 Å². The normalized spacial score (nSPS) is 15.7. The number of nitrogens with zero attached hydrogens (tertiary/aromatic N) is 1. The van der Waals surface area contributed by atoms with E-state index in [1.54, 1.807) is 11.8 Å². The lowest BCUT2D eigenvalue weighted by Crippen LogP contribution is -2.39. The van der Waals surface area contributed by atoms with Gasteiger partial charge in [-0.3, -0.25) is 9.59 Å². The summed E-state index contributed by atoms with van der Waals surface area (Å²) in [5.41, 5.74) is 0.968. The number of hydrogen-bond acceptors (Lipinski definition) is 5. The molecule has 1 aromatic rings. The maximum atomic E-state index is 12.7. The molecule has 0 radical (unpaired) electrons. The summed E-state index contributed by atoms with van der Waals surface area (Å²) in [5, 5.41) is 0. The monoisotopic (exact) mass is 333 g/mol. The van der Waals surface area contributed by atoms with Crippen LogP contribution in [0.15, 0.2) is 18.2 Å². The SMILES string of the molecule is CCOC(=O)CCN(Cc1ccc2c(c1)OCO2)C(=O)C1CCC1. The van der Waals surface area contributed by atoms with Gasteiger partial charge < -0.3 is 19.1 Å². The molecule has 3 rings (SSSR count). The minimum Gasteiger partial charge on any atom is -0.466 e. The van der Waals surface area contributed by atoms with Crippen LogP contribution in [-0.4, -0.2) is 36.7 Å².